The fourth-order valence-electron chi connectivity index (χ4n) is 2.58. The fraction of sp³-hybridized carbons (Fsp3) is 0.100. The first kappa shape index (κ1) is 22.7. The number of rotatable bonds is 6. The Morgan fingerprint density at radius 2 is 1.84 bits per heavy atom. The summed E-state index contributed by atoms with van der Waals surface area (Å²) in [6, 6.07) is 10.9. The van der Waals surface area contributed by atoms with E-state index in [9.17, 15) is 14.9 Å². The number of nitro benzene ring substituents is 1. The summed E-state index contributed by atoms with van der Waals surface area (Å²) < 4.78 is 0. The van der Waals surface area contributed by atoms with Gasteiger partial charge in [-0.2, -0.15) is 5.10 Å². The van der Waals surface area contributed by atoms with Crippen molar-refractivity contribution in [3.05, 3.63) is 85.1 Å². The number of amides is 1. The predicted octanol–water partition coefficient (Wildman–Crippen LogP) is 5.22. The zero-order valence-corrected chi connectivity index (χ0v) is 18.6. The van der Waals surface area contributed by atoms with Gasteiger partial charge in [-0.05, 0) is 55.9 Å². The van der Waals surface area contributed by atoms with E-state index in [0.29, 0.717) is 20.6 Å². The van der Waals surface area contributed by atoms with Crippen LogP contribution < -0.4 is 5.43 Å². The zero-order chi connectivity index (χ0) is 22.5. The van der Waals surface area contributed by atoms with Crippen molar-refractivity contribution in [1.29, 1.82) is 0 Å². The number of carbonyl (C=O) groups is 1. The zero-order valence-electron chi connectivity index (χ0n) is 16.3. The summed E-state index contributed by atoms with van der Waals surface area (Å²) in [4.78, 5) is 32.2. The van der Waals surface area contributed by atoms with Crippen molar-refractivity contribution < 1.29 is 9.72 Å². The second-order valence-corrected chi connectivity index (χ2v) is 8.20. The molecule has 1 heterocycles. The van der Waals surface area contributed by atoms with Crippen LogP contribution in [-0.4, -0.2) is 27.0 Å². The van der Waals surface area contributed by atoms with E-state index in [0.717, 1.165) is 23.1 Å². The van der Waals surface area contributed by atoms with Crippen LogP contribution in [0.15, 0.2) is 57.6 Å². The lowest BCUT2D eigenvalue weighted by molar-refractivity contribution is -0.387. The molecule has 0 fully saturated rings. The molecule has 0 unspecified atom stereocenters. The molecule has 3 aromatic rings. The number of hydrazone groups is 1. The highest BCUT2D eigenvalue weighted by Crippen LogP contribution is 2.33. The minimum atomic E-state index is -0.536. The van der Waals surface area contributed by atoms with E-state index in [-0.39, 0.29) is 16.3 Å². The molecule has 0 saturated heterocycles. The lowest BCUT2D eigenvalue weighted by Crippen LogP contribution is -2.18. The fourth-order valence-corrected chi connectivity index (χ4v) is 4.02. The van der Waals surface area contributed by atoms with E-state index in [2.05, 4.69) is 20.5 Å². The van der Waals surface area contributed by atoms with Crippen LogP contribution in [0.25, 0.3) is 0 Å². The Morgan fingerprint density at radius 3 is 2.48 bits per heavy atom. The summed E-state index contributed by atoms with van der Waals surface area (Å²) in [5, 5.41) is 16.4. The maximum atomic E-state index is 12.2. The number of nitro groups is 1. The molecular weight excluding hydrogens is 461 g/mol. The summed E-state index contributed by atoms with van der Waals surface area (Å²) in [6.07, 6.45) is 1.30. The number of aryl methyl sites for hydroxylation is 2. The van der Waals surface area contributed by atoms with Gasteiger partial charge in [-0.3, -0.25) is 14.9 Å². The smallest absolute Gasteiger partial charge is 0.267 e. The van der Waals surface area contributed by atoms with Crippen LogP contribution >= 0.6 is 35.0 Å². The highest BCUT2D eigenvalue weighted by molar-refractivity contribution is 7.99. The Morgan fingerprint density at radius 1 is 1.13 bits per heavy atom. The number of benzene rings is 2. The number of carbonyl (C=O) groups excluding carboxylic acids is 1. The maximum Gasteiger partial charge on any atom is 0.283 e. The van der Waals surface area contributed by atoms with Gasteiger partial charge in [0.05, 0.1) is 26.6 Å². The Kier molecular flexibility index (Phi) is 7.21. The first-order chi connectivity index (χ1) is 14.7. The van der Waals surface area contributed by atoms with E-state index in [1.165, 1.54) is 30.5 Å². The third kappa shape index (κ3) is 6.00. The molecule has 0 radical (unpaired) electrons. The second-order valence-electron chi connectivity index (χ2n) is 6.34. The van der Waals surface area contributed by atoms with Crippen LogP contribution in [0.3, 0.4) is 0 Å². The molecule has 11 heteroatoms. The molecule has 1 N–H and O–H groups in total. The lowest BCUT2D eigenvalue weighted by atomic mass is 10.2. The molecule has 0 bridgehead atoms. The van der Waals surface area contributed by atoms with E-state index in [1.54, 1.807) is 12.1 Å². The van der Waals surface area contributed by atoms with Crippen molar-refractivity contribution in [3.63, 3.8) is 0 Å². The monoisotopic (exact) mass is 475 g/mol. The third-order valence-corrected chi connectivity index (χ3v) is 5.38. The summed E-state index contributed by atoms with van der Waals surface area (Å²) in [7, 11) is 0. The van der Waals surface area contributed by atoms with E-state index in [4.69, 9.17) is 23.2 Å². The number of aromatic nitrogens is 2. The van der Waals surface area contributed by atoms with Crippen molar-refractivity contribution in [1.82, 2.24) is 15.4 Å². The van der Waals surface area contributed by atoms with E-state index < -0.39 is 10.8 Å². The Bertz CT molecular complexity index is 1180. The van der Waals surface area contributed by atoms with Gasteiger partial charge >= 0.3 is 0 Å². The number of hydrogen-bond acceptors (Lipinski definition) is 7. The molecule has 1 amide bonds. The van der Waals surface area contributed by atoms with Crippen LogP contribution in [0.2, 0.25) is 10.0 Å². The molecule has 0 aliphatic carbocycles. The molecular formula is C20H15Cl2N5O3S. The summed E-state index contributed by atoms with van der Waals surface area (Å²) in [5.74, 6) is -0.536. The summed E-state index contributed by atoms with van der Waals surface area (Å²) >= 11 is 12.9. The normalized spacial score (nSPS) is 11.0. The predicted molar refractivity (Wildman–Crippen MR) is 120 cm³/mol. The maximum absolute atomic E-state index is 12.2. The molecule has 31 heavy (non-hydrogen) atoms. The van der Waals surface area contributed by atoms with Gasteiger partial charge in [0.25, 0.3) is 11.6 Å². The van der Waals surface area contributed by atoms with E-state index >= 15 is 0 Å². The number of nitrogens with zero attached hydrogens (tertiary/aromatic N) is 4. The van der Waals surface area contributed by atoms with Crippen LogP contribution in [-0.2, 0) is 0 Å². The number of halogens is 2. The number of nitrogens with one attached hydrogen (secondary N) is 1. The first-order valence-electron chi connectivity index (χ1n) is 8.80. The van der Waals surface area contributed by atoms with Gasteiger partial charge in [-0.1, -0.05) is 29.3 Å². The molecule has 158 valence electrons. The van der Waals surface area contributed by atoms with Gasteiger partial charge in [0.2, 0.25) is 0 Å². The van der Waals surface area contributed by atoms with Gasteiger partial charge in [-0.15, -0.1) is 0 Å². The molecule has 0 saturated carbocycles. The Labute approximate surface area is 191 Å². The minimum absolute atomic E-state index is 0.121. The average molecular weight is 476 g/mol. The van der Waals surface area contributed by atoms with Crippen molar-refractivity contribution in [3.8, 4) is 0 Å². The molecule has 0 aliphatic heterocycles. The molecule has 0 atom stereocenters. The van der Waals surface area contributed by atoms with Crippen molar-refractivity contribution in [2.45, 2.75) is 23.9 Å². The van der Waals surface area contributed by atoms with Crippen molar-refractivity contribution in [2.24, 2.45) is 5.10 Å². The van der Waals surface area contributed by atoms with Crippen LogP contribution in [0.1, 0.15) is 27.3 Å². The number of hydrogen-bond donors (Lipinski definition) is 1. The molecule has 8 nitrogen and oxygen atoms in total. The topological polar surface area (TPSA) is 110 Å². The van der Waals surface area contributed by atoms with Crippen LogP contribution in [0.4, 0.5) is 5.69 Å². The highest BCUT2D eigenvalue weighted by Gasteiger charge is 2.17. The Hall–Kier alpha value is -3.01. The van der Waals surface area contributed by atoms with Crippen LogP contribution in [0, 0.1) is 24.0 Å². The van der Waals surface area contributed by atoms with E-state index in [1.807, 2.05) is 19.9 Å². The second kappa shape index (κ2) is 9.86. The Balaban J connectivity index is 1.77. The third-order valence-electron chi connectivity index (χ3n) is 3.90. The first-order valence-corrected chi connectivity index (χ1v) is 10.4. The van der Waals surface area contributed by atoms with Crippen molar-refractivity contribution in [2.75, 3.05) is 0 Å². The van der Waals surface area contributed by atoms with Gasteiger partial charge < -0.3 is 0 Å². The molecule has 0 spiro atoms. The summed E-state index contributed by atoms with van der Waals surface area (Å²) in [6.45, 7) is 3.66. The molecule has 2 aromatic carbocycles. The minimum Gasteiger partial charge on any atom is -0.267 e. The molecule has 3 rings (SSSR count). The highest BCUT2D eigenvalue weighted by atomic mass is 35.5. The standard InChI is InChI=1S/C20H15Cl2N5O3S/c1-11-7-12(2)25-20(24-11)31-18-6-3-13(8-17(18)27(29)30)10-23-26-19(28)15-5-4-14(21)9-16(15)22/h3-10H,1-2H3,(H,26,28)/b23-10+. The van der Waals surface area contributed by atoms with Crippen molar-refractivity contribution >= 4 is 52.8 Å². The van der Waals surface area contributed by atoms with Gasteiger partial charge in [0.1, 0.15) is 0 Å². The SMILES string of the molecule is Cc1cc(C)nc(Sc2ccc(/C=N/NC(=O)c3ccc(Cl)cc3Cl)cc2[N+](=O)[O-])n1. The quantitative estimate of drug-likeness (QED) is 0.226. The van der Waals surface area contributed by atoms with Crippen LogP contribution in [0.5, 0.6) is 0 Å². The average Bonchev–Trinajstić information content (AvgIpc) is 2.68. The largest absolute Gasteiger partial charge is 0.283 e. The molecule has 1 aromatic heterocycles. The van der Waals surface area contributed by atoms with Gasteiger partial charge in [-0.25, -0.2) is 15.4 Å². The van der Waals surface area contributed by atoms with Gasteiger partial charge in [0.15, 0.2) is 5.16 Å². The van der Waals surface area contributed by atoms with Gasteiger partial charge in [0, 0.05) is 28.0 Å². The lowest BCUT2D eigenvalue weighted by Gasteiger charge is -2.05. The summed E-state index contributed by atoms with van der Waals surface area (Å²) in [5.41, 5.74) is 4.40. The molecule has 0 aliphatic rings.